The van der Waals surface area contributed by atoms with E-state index < -0.39 is 11.9 Å². The van der Waals surface area contributed by atoms with Crippen molar-refractivity contribution in [1.82, 2.24) is 0 Å². The Morgan fingerprint density at radius 1 is 1.13 bits per heavy atom. The van der Waals surface area contributed by atoms with Crippen LogP contribution in [0.5, 0.6) is 0 Å². The van der Waals surface area contributed by atoms with Crippen LogP contribution in [-0.2, 0) is 9.59 Å². The van der Waals surface area contributed by atoms with Gasteiger partial charge in [-0.3, -0.25) is 0 Å². The highest BCUT2D eigenvalue weighted by Gasteiger charge is 1.98. The lowest BCUT2D eigenvalue weighted by Gasteiger charge is -2.01. The number of guanidine groups is 2. The Bertz CT molecular complexity index is 650. The van der Waals surface area contributed by atoms with Crippen LogP contribution in [0.3, 0.4) is 0 Å². The number of carbonyl (C=O) groups is 2. The topological polar surface area (TPSA) is 177 Å². The van der Waals surface area contributed by atoms with Crippen molar-refractivity contribution in [3.63, 3.8) is 0 Å². The second-order valence-corrected chi connectivity index (χ2v) is 4.38. The van der Waals surface area contributed by atoms with Crippen molar-refractivity contribution in [2.24, 2.45) is 27.2 Å². The van der Waals surface area contributed by atoms with Crippen molar-refractivity contribution < 1.29 is 19.8 Å². The van der Waals surface area contributed by atoms with Gasteiger partial charge in [0, 0.05) is 17.2 Å². The molecule has 0 radical (unpaired) electrons. The molecule has 8 N–H and O–H groups in total. The van der Waals surface area contributed by atoms with Gasteiger partial charge in [-0.15, -0.1) is 0 Å². The number of aliphatic carboxylic acids is 2. The highest BCUT2D eigenvalue weighted by atomic mass is 35.5. The van der Waals surface area contributed by atoms with Crippen molar-refractivity contribution in [3.05, 3.63) is 40.9 Å². The summed E-state index contributed by atoms with van der Waals surface area (Å²) in [6.45, 7) is 1.89. The van der Waals surface area contributed by atoms with E-state index in [2.05, 4.69) is 9.98 Å². The van der Waals surface area contributed by atoms with Crippen molar-refractivity contribution in [3.8, 4) is 0 Å². The average molecular weight is 342 g/mol. The lowest BCUT2D eigenvalue weighted by atomic mass is 10.2. The Hall–Kier alpha value is -3.07. The number of benzene rings is 1. The van der Waals surface area contributed by atoms with Crippen LogP contribution in [0.4, 0.5) is 5.69 Å². The molecule has 0 amide bonds. The Morgan fingerprint density at radius 3 is 2.09 bits per heavy atom. The fourth-order valence-electron chi connectivity index (χ4n) is 1.13. The number of hydrogen-bond acceptors (Lipinski definition) is 3. The third-order valence-corrected chi connectivity index (χ3v) is 2.25. The second-order valence-electron chi connectivity index (χ2n) is 3.95. The minimum Gasteiger partial charge on any atom is -0.478 e. The van der Waals surface area contributed by atoms with Gasteiger partial charge in [-0.2, -0.15) is 4.99 Å². The third-order valence-electron chi connectivity index (χ3n) is 2.02. The molecular weight excluding hydrogens is 326 g/mol. The summed E-state index contributed by atoms with van der Waals surface area (Å²) in [5.41, 5.74) is 17.4. The molecule has 10 heteroatoms. The van der Waals surface area contributed by atoms with Gasteiger partial charge >= 0.3 is 11.9 Å². The molecular formula is C13H16ClN5O4. The van der Waals surface area contributed by atoms with Gasteiger partial charge < -0.3 is 27.4 Å². The van der Waals surface area contributed by atoms with Crippen LogP contribution in [-0.4, -0.2) is 34.1 Å². The number of aliphatic imine (C=N–C) groups is 2. The smallest absolute Gasteiger partial charge is 0.328 e. The third kappa shape index (κ3) is 10.3. The summed E-state index contributed by atoms with van der Waals surface area (Å²) in [4.78, 5) is 26.7. The molecule has 0 aromatic heterocycles. The Labute approximate surface area is 136 Å². The molecule has 0 bridgehead atoms. The van der Waals surface area contributed by atoms with E-state index in [9.17, 15) is 9.59 Å². The fourth-order valence-corrected chi connectivity index (χ4v) is 1.29. The molecule has 0 fully saturated rings. The lowest BCUT2D eigenvalue weighted by Crippen LogP contribution is -2.26. The number of nitrogens with two attached hydrogens (primary N) is 3. The normalized spacial score (nSPS) is 10.6. The lowest BCUT2D eigenvalue weighted by molar-refractivity contribution is -0.134. The van der Waals surface area contributed by atoms with Crippen molar-refractivity contribution in [2.75, 3.05) is 0 Å². The molecule has 1 aromatic rings. The summed E-state index contributed by atoms with van der Waals surface area (Å²) < 4.78 is 0. The molecule has 0 atom stereocenters. The van der Waals surface area contributed by atoms with Crippen molar-refractivity contribution in [2.45, 2.75) is 6.92 Å². The predicted octanol–water partition coefficient (Wildman–Crippen LogP) is 0.580. The van der Waals surface area contributed by atoms with Crippen molar-refractivity contribution in [1.29, 1.82) is 0 Å². The van der Waals surface area contributed by atoms with E-state index in [1.54, 1.807) is 12.1 Å². The quantitative estimate of drug-likeness (QED) is 0.303. The highest BCUT2D eigenvalue weighted by Crippen LogP contribution is 2.22. The van der Waals surface area contributed by atoms with Crippen LogP contribution in [0.2, 0.25) is 5.02 Å². The Balaban J connectivity index is 0.000000515. The van der Waals surface area contributed by atoms with E-state index >= 15 is 0 Å². The van der Waals surface area contributed by atoms with Gasteiger partial charge in [0.1, 0.15) is 0 Å². The molecule has 0 saturated carbocycles. The first kappa shape index (κ1) is 19.9. The van der Waals surface area contributed by atoms with Crippen LogP contribution in [0, 0.1) is 6.92 Å². The molecule has 0 saturated heterocycles. The predicted molar refractivity (Wildman–Crippen MR) is 87.7 cm³/mol. The van der Waals surface area contributed by atoms with Gasteiger partial charge in [0.25, 0.3) is 0 Å². The summed E-state index contributed by atoms with van der Waals surface area (Å²) in [6.07, 6.45) is 1.12. The molecule has 1 aromatic carbocycles. The van der Waals surface area contributed by atoms with Gasteiger partial charge in [0.15, 0.2) is 5.96 Å². The Morgan fingerprint density at radius 2 is 1.65 bits per heavy atom. The SMILES string of the molecule is Cc1ccc(Cl)cc1N=C(N)N=C(N)N.O=C(O)/C=C\C(=O)O. The molecule has 1 rings (SSSR count). The maximum absolute atomic E-state index is 9.55. The van der Waals surface area contributed by atoms with Crippen molar-refractivity contribution >= 4 is 41.1 Å². The highest BCUT2D eigenvalue weighted by molar-refractivity contribution is 6.30. The van der Waals surface area contributed by atoms with E-state index in [0.717, 1.165) is 5.56 Å². The van der Waals surface area contributed by atoms with Crippen LogP contribution in [0.15, 0.2) is 40.3 Å². The monoisotopic (exact) mass is 341 g/mol. The maximum atomic E-state index is 9.55. The maximum Gasteiger partial charge on any atom is 0.328 e. The number of nitrogens with zero attached hydrogens (tertiary/aromatic N) is 2. The molecule has 124 valence electrons. The largest absolute Gasteiger partial charge is 0.478 e. The van der Waals surface area contributed by atoms with Gasteiger partial charge in [-0.1, -0.05) is 17.7 Å². The molecule has 0 spiro atoms. The van der Waals surface area contributed by atoms with E-state index in [0.29, 0.717) is 22.9 Å². The van der Waals surface area contributed by atoms with Gasteiger partial charge in [0.2, 0.25) is 5.96 Å². The number of rotatable bonds is 3. The van der Waals surface area contributed by atoms with Gasteiger partial charge in [-0.05, 0) is 24.6 Å². The Kier molecular flexibility index (Phi) is 8.48. The summed E-state index contributed by atoms with van der Waals surface area (Å²) >= 11 is 5.81. The average Bonchev–Trinajstić information content (AvgIpc) is 2.40. The zero-order valence-corrected chi connectivity index (χ0v) is 12.9. The number of carboxylic acid groups (broad SMARTS) is 2. The summed E-state index contributed by atoms with van der Waals surface area (Å²) in [5, 5.41) is 16.2. The van der Waals surface area contributed by atoms with Gasteiger partial charge in [-0.25, -0.2) is 14.6 Å². The molecule has 0 heterocycles. The first-order valence-electron chi connectivity index (χ1n) is 5.95. The summed E-state index contributed by atoms with van der Waals surface area (Å²) in [5.74, 6) is -2.64. The first-order valence-corrected chi connectivity index (χ1v) is 6.33. The minimum atomic E-state index is -1.26. The number of carboxylic acids is 2. The molecule has 0 aliphatic heterocycles. The minimum absolute atomic E-state index is 0.000340. The standard InChI is InChI=1S/C9H12ClN5.C4H4O4/c1-5-2-3-6(10)4-7(5)14-9(13)15-8(11)12;5-3(6)1-2-4(7)8/h2-4H,1H3,(H6,11,12,13,14,15);1-2H,(H,5,6)(H,7,8)/b;2-1-. The zero-order chi connectivity index (χ0) is 18.0. The number of aryl methyl sites for hydroxylation is 1. The molecule has 23 heavy (non-hydrogen) atoms. The molecule has 0 aliphatic carbocycles. The molecule has 0 unspecified atom stereocenters. The zero-order valence-electron chi connectivity index (χ0n) is 12.1. The van der Waals surface area contributed by atoms with Crippen LogP contribution < -0.4 is 17.2 Å². The first-order chi connectivity index (χ1) is 10.6. The van der Waals surface area contributed by atoms with Crippen LogP contribution >= 0.6 is 11.6 Å². The van der Waals surface area contributed by atoms with E-state index in [-0.39, 0.29) is 11.9 Å². The molecule has 0 aliphatic rings. The molecule has 9 nitrogen and oxygen atoms in total. The summed E-state index contributed by atoms with van der Waals surface area (Å²) in [6, 6.07) is 5.29. The number of hydrogen-bond donors (Lipinski definition) is 5. The van der Waals surface area contributed by atoms with Gasteiger partial charge in [0.05, 0.1) is 5.69 Å². The fraction of sp³-hybridized carbons (Fsp3) is 0.0769. The number of halogens is 1. The summed E-state index contributed by atoms with van der Waals surface area (Å²) in [7, 11) is 0. The van der Waals surface area contributed by atoms with E-state index in [4.69, 9.17) is 39.0 Å². The van der Waals surface area contributed by atoms with Crippen LogP contribution in [0.1, 0.15) is 5.56 Å². The van der Waals surface area contributed by atoms with E-state index in [1.807, 2.05) is 13.0 Å². The van der Waals surface area contributed by atoms with Crippen LogP contribution in [0.25, 0.3) is 0 Å². The second kappa shape index (κ2) is 9.79. The van der Waals surface area contributed by atoms with E-state index in [1.165, 1.54) is 0 Å².